The van der Waals surface area contributed by atoms with Gasteiger partial charge < -0.3 is 15.2 Å². The van der Waals surface area contributed by atoms with E-state index in [-0.39, 0.29) is 12.5 Å². The topological polar surface area (TPSA) is 71.5 Å². The van der Waals surface area contributed by atoms with Gasteiger partial charge in [-0.05, 0) is 49.2 Å². The van der Waals surface area contributed by atoms with E-state index in [2.05, 4.69) is 10.3 Å². The quantitative estimate of drug-likeness (QED) is 0.856. The largest absolute Gasteiger partial charge is 0.481 e. The summed E-state index contributed by atoms with van der Waals surface area (Å²) >= 11 is 0. The standard InChI is InChI=1S/C17H20N2O3/c1-12-4-3-5-15(10-12)22-13(2)17(21)19-11-16(20)14-6-8-18-9-7-14/h3-10,13,16,20H,11H2,1-2H3,(H,19,21)/t13-,16-/m0/s1. The van der Waals surface area contributed by atoms with Crippen LogP contribution in [-0.4, -0.2) is 28.6 Å². The van der Waals surface area contributed by atoms with Crippen molar-refractivity contribution >= 4 is 5.91 Å². The third-order valence-corrected chi connectivity index (χ3v) is 3.23. The van der Waals surface area contributed by atoms with Crippen LogP contribution in [0.15, 0.2) is 48.8 Å². The number of hydrogen-bond donors (Lipinski definition) is 2. The second-order valence-corrected chi connectivity index (χ2v) is 5.12. The Morgan fingerprint density at radius 3 is 2.73 bits per heavy atom. The molecule has 1 aromatic carbocycles. The molecular formula is C17H20N2O3. The first kappa shape index (κ1) is 16.0. The highest BCUT2D eigenvalue weighted by Gasteiger charge is 2.16. The molecule has 22 heavy (non-hydrogen) atoms. The average molecular weight is 300 g/mol. The summed E-state index contributed by atoms with van der Waals surface area (Å²) in [5, 5.41) is 12.7. The minimum Gasteiger partial charge on any atom is -0.481 e. The van der Waals surface area contributed by atoms with Crippen molar-refractivity contribution in [2.24, 2.45) is 0 Å². The van der Waals surface area contributed by atoms with Crippen molar-refractivity contribution in [3.63, 3.8) is 0 Å². The van der Waals surface area contributed by atoms with E-state index in [4.69, 9.17) is 4.74 Å². The lowest BCUT2D eigenvalue weighted by molar-refractivity contribution is -0.127. The molecule has 0 aliphatic heterocycles. The van der Waals surface area contributed by atoms with Crippen LogP contribution in [0.5, 0.6) is 5.75 Å². The Morgan fingerprint density at radius 2 is 2.05 bits per heavy atom. The second kappa shape index (κ2) is 7.56. The molecule has 0 saturated carbocycles. The van der Waals surface area contributed by atoms with Gasteiger partial charge in [0.15, 0.2) is 6.10 Å². The Kier molecular flexibility index (Phi) is 5.49. The summed E-state index contributed by atoms with van der Waals surface area (Å²) in [7, 11) is 0. The Labute approximate surface area is 130 Å². The van der Waals surface area contributed by atoms with Gasteiger partial charge in [0.05, 0.1) is 6.10 Å². The zero-order chi connectivity index (χ0) is 15.9. The number of ether oxygens (including phenoxy) is 1. The molecule has 1 aromatic heterocycles. The summed E-state index contributed by atoms with van der Waals surface area (Å²) in [6.45, 7) is 3.77. The lowest BCUT2D eigenvalue weighted by Crippen LogP contribution is -2.38. The first-order valence-corrected chi connectivity index (χ1v) is 7.15. The van der Waals surface area contributed by atoms with E-state index < -0.39 is 12.2 Å². The van der Waals surface area contributed by atoms with E-state index in [1.807, 2.05) is 31.2 Å². The predicted molar refractivity (Wildman–Crippen MR) is 83.5 cm³/mol. The van der Waals surface area contributed by atoms with Gasteiger partial charge >= 0.3 is 0 Å². The summed E-state index contributed by atoms with van der Waals surface area (Å²) in [4.78, 5) is 15.9. The number of nitrogens with zero attached hydrogens (tertiary/aromatic N) is 1. The van der Waals surface area contributed by atoms with E-state index in [0.29, 0.717) is 11.3 Å². The molecule has 2 atom stereocenters. The first-order chi connectivity index (χ1) is 10.6. The van der Waals surface area contributed by atoms with Crippen LogP contribution in [0.2, 0.25) is 0 Å². The zero-order valence-corrected chi connectivity index (χ0v) is 12.7. The third-order valence-electron chi connectivity index (χ3n) is 3.23. The maximum atomic E-state index is 12.0. The van der Waals surface area contributed by atoms with Gasteiger partial charge in [0, 0.05) is 18.9 Å². The van der Waals surface area contributed by atoms with Crippen LogP contribution in [0.4, 0.5) is 0 Å². The number of aryl methyl sites for hydroxylation is 1. The molecule has 2 rings (SSSR count). The smallest absolute Gasteiger partial charge is 0.260 e. The van der Waals surface area contributed by atoms with Crippen molar-refractivity contribution in [3.8, 4) is 5.75 Å². The summed E-state index contributed by atoms with van der Waals surface area (Å²) in [5.41, 5.74) is 1.78. The van der Waals surface area contributed by atoms with E-state index in [1.54, 1.807) is 31.5 Å². The highest BCUT2D eigenvalue weighted by atomic mass is 16.5. The minimum absolute atomic E-state index is 0.129. The van der Waals surface area contributed by atoms with Crippen molar-refractivity contribution in [1.29, 1.82) is 0 Å². The number of rotatable bonds is 6. The van der Waals surface area contributed by atoms with E-state index in [0.717, 1.165) is 5.56 Å². The van der Waals surface area contributed by atoms with Crippen molar-refractivity contribution in [2.45, 2.75) is 26.1 Å². The molecule has 2 N–H and O–H groups in total. The molecule has 0 saturated heterocycles. The molecule has 116 valence electrons. The number of amides is 1. The fourth-order valence-corrected chi connectivity index (χ4v) is 1.99. The van der Waals surface area contributed by atoms with Crippen LogP contribution in [0.1, 0.15) is 24.2 Å². The van der Waals surface area contributed by atoms with Crippen LogP contribution >= 0.6 is 0 Å². The number of aromatic nitrogens is 1. The number of pyridine rings is 1. The molecule has 0 spiro atoms. The molecule has 2 aromatic rings. The molecule has 1 amide bonds. The number of carbonyl (C=O) groups excluding carboxylic acids is 1. The van der Waals surface area contributed by atoms with Gasteiger partial charge in [-0.25, -0.2) is 0 Å². The Morgan fingerprint density at radius 1 is 1.32 bits per heavy atom. The number of hydrogen-bond acceptors (Lipinski definition) is 4. The average Bonchev–Trinajstić information content (AvgIpc) is 2.53. The molecule has 0 aliphatic carbocycles. The second-order valence-electron chi connectivity index (χ2n) is 5.12. The van der Waals surface area contributed by atoms with Gasteiger partial charge in [0.25, 0.3) is 5.91 Å². The monoisotopic (exact) mass is 300 g/mol. The highest BCUT2D eigenvalue weighted by Crippen LogP contribution is 2.14. The molecule has 5 heteroatoms. The summed E-state index contributed by atoms with van der Waals surface area (Å²) in [6.07, 6.45) is 1.80. The first-order valence-electron chi connectivity index (χ1n) is 7.15. The van der Waals surface area contributed by atoms with E-state index >= 15 is 0 Å². The molecule has 0 aliphatic rings. The highest BCUT2D eigenvalue weighted by molar-refractivity contribution is 5.80. The van der Waals surface area contributed by atoms with Gasteiger partial charge in [-0.2, -0.15) is 0 Å². The minimum atomic E-state index is -0.766. The van der Waals surface area contributed by atoms with Gasteiger partial charge in [0.2, 0.25) is 0 Å². The molecule has 0 unspecified atom stereocenters. The molecular weight excluding hydrogens is 280 g/mol. The fourth-order valence-electron chi connectivity index (χ4n) is 1.99. The maximum absolute atomic E-state index is 12.0. The van der Waals surface area contributed by atoms with Crippen molar-refractivity contribution in [2.75, 3.05) is 6.54 Å². The van der Waals surface area contributed by atoms with Crippen LogP contribution in [0.25, 0.3) is 0 Å². The van der Waals surface area contributed by atoms with Crippen molar-refractivity contribution in [1.82, 2.24) is 10.3 Å². The van der Waals surface area contributed by atoms with Gasteiger partial charge in [-0.1, -0.05) is 12.1 Å². The number of nitrogens with one attached hydrogen (secondary N) is 1. The Bertz CT molecular complexity index is 616. The van der Waals surface area contributed by atoms with Crippen LogP contribution in [0.3, 0.4) is 0 Å². The van der Waals surface area contributed by atoms with E-state index in [9.17, 15) is 9.90 Å². The fraction of sp³-hybridized carbons (Fsp3) is 0.294. The molecule has 1 heterocycles. The van der Waals surface area contributed by atoms with E-state index in [1.165, 1.54) is 0 Å². The van der Waals surface area contributed by atoms with Gasteiger partial charge in [-0.3, -0.25) is 9.78 Å². The number of aliphatic hydroxyl groups excluding tert-OH is 1. The zero-order valence-electron chi connectivity index (χ0n) is 12.7. The van der Waals surface area contributed by atoms with Crippen LogP contribution in [0, 0.1) is 6.92 Å². The van der Waals surface area contributed by atoms with Crippen molar-refractivity contribution in [3.05, 3.63) is 59.9 Å². The number of carbonyl (C=O) groups is 1. The summed E-state index contributed by atoms with van der Waals surface area (Å²) in [5.74, 6) is 0.381. The number of benzene rings is 1. The lowest BCUT2D eigenvalue weighted by Gasteiger charge is -2.17. The number of aliphatic hydroxyl groups is 1. The van der Waals surface area contributed by atoms with Gasteiger partial charge in [-0.15, -0.1) is 0 Å². The molecule has 0 bridgehead atoms. The lowest BCUT2D eigenvalue weighted by atomic mass is 10.1. The molecule has 0 radical (unpaired) electrons. The SMILES string of the molecule is Cc1cccc(O[C@@H](C)C(=O)NC[C@H](O)c2ccncc2)c1. The predicted octanol–water partition coefficient (Wildman–Crippen LogP) is 2.01. The third kappa shape index (κ3) is 4.56. The molecule has 5 nitrogen and oxygen atoms in total. The summed E-state index contributed by atoms with van der Waals surface area (Å²) in [6, 6.07) is 10.9. The van der Waals surface area contributed by atoms with Crippen molar-refractivity contribution < 1.29 is 14.6 Å². The Balaban J connectivity index is 1.84. The van der Waals surface area contributed by atoms with Crippen LogP contribution in [-0.2, 0) is 4.79 Å². The van der Waals surface area contributed by atoms with Crippen LogP contribution < -0.4 is 10.1 Å². The van der Waals surface area contributed by atoms with Gasteiger partial charge in [0.1, 0.15) is 5.75 Å². The normalized spacial score (nSPS) is 13.2. The summed E-state index contributed by atoms with van der Waals surface area (Å²) < 4.78 is 5.59. The molecule has 0 fully saturated rings. The Hall–Kier alpha value is -2.40. The maximum Gasteiger partial charge on any atom is 0.260 e.